The van der Waals surface area contributed by atoms with Crippen molar-refractivity contribution in [3.63, 3.8) is 0 Å². The Labute approximate surface area is 184 Å². The van der Waals surface area contributed by atoms with E-state index < -0.39 is 0 Å². The number of anilines is 1. The van der Waals surface area contributed by atoms with Crippen LogP contribution < -0.4 is 5.32 Å². The Kier molecular flexibility index (Phi) is 6.47. The van der Waals surface area contributed by atoms with Crippen LogP contribution in [0.1, 0.15) is 30.5 Å². The van der Waals surface area contributed by atoms with Crippen LogP contribution in [0.25, 0.3) is 5.69 Å². The average molecular weight is 434 g/mol. The number of rotatable bonds is 8. The maximum Gasteiger partial charge on any atom is 0.239 e. The molecule has 31 heavy (non-hydrogen) atoms. The van der Waals surface area contributed by atoms with Crippen LogP contribution in [-0.2, 0) is 11.2 Å². The fraction of sp³-hybridized carbons (Fsp3) is 0.217. The highest BCUT2D eigenvalue weighted by atomic mass is 32.2. The summed E-state index contributed by atoms with van der Waals surface area (Å²) in [7, 11) is 0. The van der Waals surface area contributed by atoms with Gasteiger partial charge in [-0.1, -0.05) is 72.4 Å². The van der Waals surface area contributed by atoms with Gasteiger partial charge in [-0.3, -0.25) is 9.36 Å². The van der Waals surface area contributed by atoms with Crippen LogP contribution in [0.5, 0.6) is 0 Å². The Morgan fingerprint density at radius 3 is 2.45 bits per heavy atom. The normalized spacial score (nSPS) is 11.9. The van der Waals surface area contributed by atoms with Crippen LogP contribution in [0, 0.1) is 6.92 Å². The van der Waals surface area contributed by atoms with E-state index in [4.69, 9.17) is 4.52 Å². The van der Waals surface area contributed by atoms with E-state index in [1.54, 1.807) is 13.0 Å². The first-order chi connectivity index (χ1) is 15.1. The summed E-state index contributed by atoms with van der Waals surface area (Å²) in [6.45, 7) is 3.75. The fourth-order valence-corrected chi connectivity index (χ4v) is 4.18. The molecule has 0 aliphatic carbocycles. The molecular weight excluding hydrogens is 410 g/mol. The number of amides is 1. The van der Waals surface area contributed by atoms with Gasteiger partial charge in [-0.2, -0.15) is 0 Å². The van der Waals surface area contributed by atoms with Crippen molar-refractivity contribution in [1.29, 1.82) is 0 Å². The first-order valence-electron chi connectivity index (χ1n) is 10.1. The predicted molar refractivity (Wildman–Crippen MR) is 120 cm³/mol. The Morgan fingerprint density at radius 2 is 1.81 bits per heavy atom. The molecule has 2 aromatic carbocycles. The van der Waals surface area contributed by atoms with Crippen molar-refractivity contribution in [2.45, 2.75) is 37.1 Å². The second-order valence-corrected chi connectivity index (χ2v) is 8.23. The Hall–Kier alpha value is -3.39. The number of benzene rings is 2. The van der Waals surface area contributed by atoms with Gasteiger partial charge in [0.15, 0.2) is 11.0 Å². The van der Waals surface area contributed by atoms with Crippen LogP contribution >= 0.6 is 11.8 Å². The number of nitrogens with one attached hydrogen (secondary N) is 1. The van der Waals surface area contributed by atoms with Gasteiger partial charge in [0.2, 0.25) is 5.91 Å². The second kappa shape index (κ2) is 9.61. The predicted octanol–water partition coefficient (Wildman–Crippen LogP) is 4.66. The number of hydrogen-bond acceptors (Lipinski definition) is 6. The molecule has 0 radical (unpaired) electrons. The minimum atomic E-state index is -0.353. The van der Waals surface area contributed by atoms with E-state index >= 15 is 0 Å². The molecule has 8 heteroatoms. The molecule has 4 rings (SSSR count). The third-order valence-corrected chi connectivity index (χ3v) is 6.02. The van der Waals surface area contributed by atoms with Crippen molar-refractivity contribution in [1.82, 2.24) is 19.9 Å². The molecule has 0 spiro atoms. The summed E-state index contributed by atoms with van der Waals surface area (Å²) in [4.78, 5) is 12.8. The van der Waals surface area contributed by atoms with Crippen molar-refractivity contribution in [3.05, 3.63) is 83.9 Å². The third-order valence-electron chi connectivity index (χ3n) is 4.71. The molecule has 0 aliphatic heterocycles. The van der Waals surface area contributed by atoms with Gasteiger partial charge < -0.3 is 9.84 Å². The highest BCUT2D eigenvalue weighted by Gasteiger charge is 2.24. The Balaban J connectivity index is 1.61. The minimum Gasteiger partial charge on any atom is -0.360 e. The third kappa shape index (κ3) is 5.03. The lowest BCUT2D eigenvalue weighted by Crippen LogP contribution is -2.25. The highest BCUT2D eigenvalue weighted by molar-refractivity contribution is 8.00. The van der Waals surface area contributed by atoms with E-state index in [9.17, 15) is 4.79 Å². The van der Waals surface area contributed by atoms with E-state index in [0.29, 0.717) is 29.6 Å². The number of aromatic nitrogens is 4. The van der Waals surface area contributed by atoms with Crippen molar-refractivity contribution >= 4 is 23.5 Å². The van der Waals surface area contributed by atoms with E-state index in [1.807, 2.05) is 60.0 Å². The summed E-state index contributed by atoms with van der Waals surface area (Å²) in [5.74, 6) is 1.73. The zero-order chi connectivity index (χ0) is 21.6. The lowest BCUT2D eigenvalue weighted by Gasteiger charge is -2.15. The molecule has 2 aromatic heterocycles. The van der Waals surface area contributed by atoms with E-state index in [-0.39, 0.29) is 11.2 Å². The van der Waals surface area contributed by atoms with Gasteiger partial charge in [-0.25, -0.2) is 0 Å². The number of carbonyl (C=O) groups excluding carboxylic acids is 1. The highest BCUT2D eigenvalue weighted by Crippen LogP contribution is 2.29. The van der Waals surface area contributed by atoms with Gasteiger partial charge in [0.25, 0.3) is 0 Å². The van der Waals surface area contributed by atoms with Crippen molar-refractivity contribution in [2.75, 3.05) is 5.32 Å². The Bertz CT molecular complexity index is 1140. The molecular formula is C23H23N5O2S. The van der Waals surface area contributed by atoms with Crippen LogP contribution in [0.3, 0.4) is 0 Å². The van der Waals surface area contributed by atoms with E-state index in [0.717, 1.165) is 17.1 Å². The van der Waals surface area contributed by atoms with Crippen LogP contribution in [0.4, 0.5) is 5.82 Å². The van der Waals surface area contributed by atoms with Crippen LogP contribution in [-0.4, -0.2) is 31.1 Å². The molecule has 0 saturated carbocycles. The van der Waals surface area contributed by atoms with Gasteiger partial charge in [-0.15, -0.1) is 10.2 Å². The Morgan fingerprint density at radius 1 is 1.10 bits per heavy atom. The molecule has 2 heterocycles. The fourth-order valence-electron chi connectivity index (χ4n) is 3.19. The largest absolute Gasteiger partial charge is 0.360 e. The van der Waals surface area contributed by atoms with Crippen molar-refractivity contribution in [2.24, 2.45) is 0 Å². The molecule has 158 valence electrons. The number of carbonyl (C=O) groups is 1. The number of hydrogen-bond donors (Lipinski definition) is 1. The smallest absolute Gasteiger partial charge is 0.239 e. The SMILES string of the molecule is CC[C@@H](Sc1nnc(Cc2ccccc2)n1-c1ccccc1)C(=O)Nc1cc(C)on1. The topological polar surface area (TPSA) is 85.8 Å². The number of aryl methyl sites for hydroxylation is 1. The number of nitrogens with zero attached hydrogens (tertiary/aromatic N) is 4. The van der Waals surface area contributed by atoms with E-state index in [2.05, 4.69) is 32.8 Å². The van der Waals surface area contributed by atoms with Gasteiger partial charge in [0, 0.05) is 18.2 Å². The zero-order valence-electron chi connectivity index (χ0n) is 17.4. The molecule has 0 bridgehead atoms. The molecule has 1 N–H and O–H groups in total. The molecule has 0 aliphatic rings. The zero-order valence-corrected chi connectivity index (χ0v) is 18.2. The molecule has 1 atom stereocenters. The molecule has 4 aromatic rings. The van der Waals surface area contributed by atoms with Crippen molar-refractivity contribution < 1.29 is 9.32 Å². The van der Waals surface area contributed by atoms with Crippen LogP contribution in [0.15, 0.2) is 76.4 Å². The summed E-state index contributed by atoms with van der Waals surface area (Å²) in [5.41, 5.74) is 2.11. The van der Waals surface area contributed by atoms with Crippen molar-refractivity contribution in [3.8, 4) is 5.69 Å². The summed E-state index contributed by atoms with van der Waals surface area (Å²) in [5, 5.41) is 15.9. The first kappa shape index (κ1) is 20.9. The maximum atomic E-state index is 12.8. The van der Waals surface area contributed by atoms with Gasteiger partial charge in [0.1, 0.15) is 11.6 Å². The van der Waals surface area contributed by atoms with E-state index in [1.165, 1.54) is 11.8 Å². The average Bonchev–Trinajstić information content (AvgIpc) is 3.38. The lowest BCUT2D eigenvalue weighted by molar-refractivity contribution is -0.115. The number of thioether (sulfide) groups is 1. The van der Waals surface area contributed by atoms with Gasteiger partial charge in [0.05, 0.1) is 5.25 Å². The van der Waals surface area contributed by atoms with Crippen LogP contribution in [0.2, 0.25) is 0 Å². The molecule has 0 saturated heterocycles. The summed E-state index contributed by atoms with van der Waals surface area (Å²) < 4.78 is 7.06. The lowest BCUT2D eigenvalue weighted by atomic mass is 10.1. The van der Waals surface area contributed by atoms with Gasteiger partial charge >= 0.3 is 0 Å². The summed E-state index contributed by atoms with van der Waals surface area (Å²) >= 11 is 1.39. The molecule has 7 nitrogen and oxygen atoms in total. The molecule has 0 unspecified atom stereocenters. The quantitative estimate of drug-likeness (QED) is 0.407. The summed E-state index contributed by atoms with van der Waals surface area (Å²) in [6.07, 6.45) is 1.27. The maximum absolute atomic E-state index is 12.8. The minimum absolute atomic E-state index is 0.145. The summed E-state index contributed by atoms with van der Waals surface area (Å²) in [6, 6.07) is 21.8. The number of para-hydroxylation sites is 1. The standard InChI is InChI=1S/C23H23N5O2S/c1-3-19(22(29)24-20-14-16(2)30-27-20)31-23-26-25-21(15-17-10-6-4-7-11-17)28(23)18-12-8-5-9-13-18/h4-14,19H,3,15H2,1-2H3,(H,24,27,29)/t19-/m1/s1. The van der Waals surface area contributed by atoms with Gasteiger partial charge in [-0.05, 0) is 31.0 Å². The monoisotopic (exact) mass is 433 g/mol. The molecule has 0 fully saturated rings. The first-order valence-corrected chi connectivity index (χ1v) is 11.0. The molecule has 1 amide bonds. The second-order valence-electron chi connectivity index (χ2n) is 7.06.